The number of ether oxygens (including phenoxy) is 2. The Bertz CT molecular complexity index is 841. The Morgan fingerprint density at radius 3 is 1.83 bits per heavy atom. The SMILES string of the molecule is CC/C=C\C/C=C\CC(O)/C=C/C=C\C/C=C\CCCC(=O)O[C@@H](CO)COC(=O)CCCCCCCCCCCCCCCC. The quantitative estimate of drug-likeness (QED) is 0.0328. The van der Waals surface area contributed by atoms with Crippen LogP contribution in [0.5, 0.6) is 0 Å². The lowest BCUT2D eigenvalue weighted by Gasteiger charge is -2.15. The van der Waals surface area contributed by atoms with Gasteiger partial charge in [0, 0.05) is 12.8 Å². The van der Waals surface area contributed by atoms with E-state index in [-0.39, 0.29) is 25.6 Å². The molecule has 1 unspecified atom stereocenters. The van der Waals surface area contributed by atoms with Gasteiger partial charge < -0.3 is 19.7 Å². The number of esters is 2. The number of aliphatic hydroxyl groups is 2. The van der Waals surface area contributed by atoms with Crippen molar-refractivity contribution < 1.29 is 29.3 Å². The number of rotatable bonds is 32. The molecule has 0 aliphatic carbocycles. The first kappa shape index (κ1) is 43.6. The molecular formula is C40H68O6. The van der Waals surface area contributed by atoms with Crippen LogP contribution in [0.4, 0.5) is 0 Å². The maximum absolute atomic E-state index is 12.1. The highest BCUT2D eigenvalue weighted by Crippen LogP contribution is 2.14. The molecule has 0 bridgehead atoms. The van der Waals surface area contributed by atoms with E-state index in [4.69, 9.17) is 9.47 Å². The Hall–Kier alpha value is -2.44. The fourth-order valence-corrected chi connectivity index (χ4v) is 4.85. The van der Waals surface area contributed by atoms with Crippen LogP contribution < -0.4 is 0 Å². The molecule has 0 spiro atoms. The Balaban J connectivity index is 3.76. The van der Waals surface area contributed by atoms with Crippen LogP contribution in [0, 0.1) is 0 Å². The van der Waals surface area contributed by atoms with E-state index < -0.39 is 18.2 Å². The zero-order chi connectivity index (χ0) is 33.8. The predicted octanol–water partition coefficient (Wildman–Crippen LogP) is 10.2. The minimum Gasteiger partial charge on any atom is -0.462 e. The van der Waals surface area contributed by atoms with Crippen LogP contribution in [0.25, 0.3) is 0 Å². The van der Waals surface area contributed by atoms with E-state index in [9.17, 15) is 19.8 Å². The first-order chi connectivity index (χ1) is 22.5. The van der Waals surface area contributed by atoms with E-state index in [2.05, 4.69) is 32.1 Å². The molecule has 264 valence electrons. The molecular weight excluding hydrogens is 576 g/mol. The molecule has 0 saturated heterocycles. The lowest BCUT2D eigenvalue weighted by molar-refractivity contribution is -0.161. The highest BCUT2D eigenvalue weighted by molar-refractivity contribution is 5.70. The number of allylic oxidation sites excluding steroid dienone is 8. The smallest absolute Gasteiger partial charge is 0.306 e. The third-order valence-electron chi connectivity index (χ3n) is 7.66. The van der Waals surface area contributed by atoms with Gasteiger partial charge >= 0.3 is 11.9 Å². The van der Waals surface area contributed by atoms with Crippen LogP contribution in [-0.4, -0.2) is 47.6 Å². The van der Waals surface area contributed by atoms with Crippen molar-refractivity contribution in [1.82, 2.24) is 0 Å². The molecule has 2 atom stereocenters. The van der Waals surface area contributed by atoms with Crippen LogP contribution in [0.3, 0.4) is 0 Å². The van der Waals surface area contributed by atoms with Crippen molar-refractivity contribution in [3.05, 3.63) is 60.8 Å². The summed E-state index contributed by atoms with van der Waals surface area (Å²) in [5, 5.41) is 19.5. The standard InChI is InChI=1S/C40H68O6/c1-3-5-7-9-11-12-13-14-15-16-17-21-25-29-33-39(43)45-36-38(35-41)46-40(44)34-30-26-22-19-18-20-24-28-32-37(42)31-27-23-10-8-6-4-2/h6,8,19-20,22-24,27-28,32,37-38,41-42H,3-5,7,9-18,21,25-26,29-31,33-36H2,1-2H3/b8-6-,22-19-,24-20-,27-23-,32-28+/t37?,38-/m0/s1. The third-order valence-corrected chi connectivity index (χ3v) is 7.66. The second-order valence-corrected chi connectivity index (χ2v) is 12.1. The summed E-state index contributed by atoms with van der Waals surface area (Å²) >= 11 is 0. The van der Waals surface area contributed by atoms with E-state index in [0.717, 1.165) is 44.9 Å². The summed E-state index contributed by atoms with van der Waals surface area (Å²) in [7, 11) is 0. The molecule has 0 amide bonds. The summed E-state index contributed by atoms with van der Waals surface area (Å²) in [5.74, 6) is -0.700. The van der Waals surface area contributed by atoms with Crippen molar-refractivity contribution >= 4 is 11.9 Å². The van der Waals surface area contributed by atoms with Gasteiger partial charge in [0.1, 0.15) is 6.61 Å². The van der Waals surface area contributed by atoms with Crippen LogP contribution in [0.15, 0.2) is 60.8 Å². The van der Waals surface area contributed by atoms with E-state index in [1.54, 1.807) is 6.08 Å². The van der Waals surface area contributed by atoms with Crippen molar-refractivity contribution in [3.8, 4) is 0 Å². The van der Waals surface area contributed by atoms with Gasteiger partial charge in [0.25, 0.3) is 0 Å². The van der Waals surface area contributed by atoms with E-state index in [1.165, 1.54) is 70.6 Å². The number of unbranched alkanes of at least 4 members (excludes halogenated alkanes) is 14. The van der Waals surface area contributed by atoms with Crippen molar-refractivity contribution in [2.75, 3.05) is 13.2 Å². The molecule has 0 aromatic rings. The van der Waals surface area contributed by atoms with E-state index >= 15 is 0 Å². The lowest BCUT2D eigenvalue weighted by atomic mass is 10.0. The predicted molar refractivity (Wildman–Crippen MR) is 193 cm³/mol. The molecule has 0 radical (unpaired) electrons. The van der Waals surface area contributed by atoms with E-state index in [1.807, 2.05) is 36.5 Å². The molecule has 0 aromatic heterocycles. The monoisotopic (exact) mass is 645 g/mol. The average Bonchev–Trinajstić information content (AvgIpc) is 3.05. The summed E-state index contributed by atoms with van der Waals surface area (Å²) in [6, 6.07) is 0. The normalized spacial score (nSPS) is 13.6. The number of hydrogen-bond acceptors (Lipinski definition) is 6. The highest BCUT2D eigenvalue weighted by atomic mass is 16.6. The van der Waals surface area contributed by atoms with Gasteiger partial charge in [-0.1, -0.05) is 158 Å². The molecule has 46 heavy (non-hydrogen) atoms. The van der Waals surface area contributed by atoms with Crippen molar-refractivity contribution in [2.45, 2.75) is 167 Å². The number of hydrogen-bond donors (Lipinski definition) is 2. The van der Waals surface area contributed by atoms with Crippen molar-refractivity contribution in [2.24, 2.45) is 0 Å². The summed E-state index contributed by atoms with van der Waals surface area (Å²) in [4.78, 5) is 24.2. The largest absolute Gasteiger partial charge is 0.462 e. The Morgan fingerprint density at radius 1 is 0.630 bits per heavy atom. The minimum absolute atomic E-state index is 0.106. The Morgan fingerprint density at radius 2 is 1.20 bits per heavy atom. The number of carbonyl (C=O) groups is 2. The maximum Gasteiger partial charge on any atom is 0.306 e. The zero-order valence-corrected chi connectivity index (χ0v) is 29.4. The van der Waals surface area contributed by atoms with Crippen LogP contribution in [0.2, 0.25) is 0 Å². The summed E-state index contributed by atoms with van der Waals surface area (Å²) in [6.45, 7) is 3.89. The van der Waals surface area contributed by atoms with Crippen molar-refractivity contribution in [3.63, 3.8) is 0 Å². The van der Waals surface area contributed by atoms with Crippen LogP contribution in [0.1, 0.15) is 155 Å². The second-order valence-electron chi connectivity index (χ2n) is 12.1. The lowest BCUT2D eigenvalue weighted by Crippen LogP contribution is -2.28. The average molecular weight is 645 g/mol. The van der Waals surface area contributed by atoms with Gasteiger partial charge in [0.2, 0.25) is 0 Å². The molecule has 0 aliphatic heterocycles. The fourth-order valence-electron chi connectivity index (χ4n) is 4.85. The first-order valence-electron chi connectivity index (χ1n) is 18.5. The molecule has 0 aliphatic rings. The molecule has 6 heteroatoms. The molecule has 2 N–H and O–H groups in total. The summed E-state index contributed by atoms with van der Waals surface area (Å²) in [5.41, 5.74) is 0. The van der Waals surface area contributed by atoms with Gasteiger partial charge in [-0.2, -0.15) is 0 Å². The van der Waals surface area contributed by atoms with Gasteiger partial charge in [0.15, 0.2) is 6.10 Å². The number of carbonyl (C=O) groups excluding carboxylic acids is 2. The van der Waals surface area contributed by atoms with Gasteiger partial charge in [-0.05, 0) is 44.9 Å². The second kappa shape index (κ2) is 35.4. The van der Waals surface area contributed by atoms with Crippen LogP contribution in [-0.2, 0) is 19.1 Å². The molecule has 0 fully saturated rings. The van der Waals surface area contributed by atoms with Crippen molar-refractivity contribution in [1.29, 1.82) is 0 Å². The van der Waals surface area contributed by atoms with E-state index in [0.29, 0.717) is 19.3 Å². The highest BCUT2D eigenvalue weighted by Gasteiger charge is 2.15. The maximum atomic E-state index is 12.1. The zero-order valence-electron chi connectivity index (χ0n) is 29.4. The topological polar surface area (TPSA) is 93.1 Å². The van der Waals surface area contributed by atoms with Gasteiger partial charge in [-0.3, -0.25) is 9.59 Å². The molecule has 0 saturated carbocycles. The molecule has 0 heterocycles. The summed E-state index contributed by atoms with van der Waals surface area (Å²) in [6.07, 6.45) is 41.7. The first-order valence-corrected chi connectivity index (χ1v) is 18.5. The molecule has 0 aromatic carbocycles. The van der Waals surface area contributed by atoms with Gasteiger partial charge in [0.05, 0.1) is 12.7 Å². The van der Waals surface area contributed by atoms with Gasteiger partial charge in [-0.15, -0.1) is 0 Å². The Labute approximate surface area is 282 Å². The minimum atomic E-state index is -0.820. The summed E-state index contributed by atoms with van der Waals surface area (Å²) < 4.78 is 10.5. The van der Waals surface area contributed by atoms with Crippen LogP contribution >= 0.6 is 0 Å². The third kappa shape index (κ3) is 32.9. The fraction of sp³-hybridized carbons (Fsp3) is 0.700. The Kier molecular flexibility index (Phi) is 33.5. The van der Waals surface area contributed by atoms with Gasteiger partial charge in [-0.25, -0.2) is 0 Å². The molecule has 0 rings (SSSR count). The number of aliphatic hydroxyl groups excluding tert-OH is 2. The molecule has 6 nitrogen and oxygen atoms in total.